The molecular formula is C18H15ClF2N2O. The van der Waals surface area contributed by atoms with Crippen LogP contribution in [0.5, 0.6) is 5.75 Å². The Morgan fingerprint density at radius 1 is 1.04 bits per heavy atom. The number of hydrogen-bond acceptors (Lipinski definition) is 2. The molecule has 1 heterocycles. The van der Waals surface area contributed by atoms with Crippen LogP contribution in [0.25, 0.3) is 16.9 Å². The molecule has 0 bridgehead atoms. The number of halogens is 3. The Balaban J connectivity index is 2.28. The topological polar surface area (TPSA) is 27.1 Å². The van der Waals surface area contributed by atoms with Crippen LogP contribution in [0.15, 0.2) is 36.4 Å². The van der Waals surface area contributed by atoms with Crippen LogP contribution in [0.2, 0.25) is 5.28 Å². The zero-order valence-corrected chi connectivity index (χ0v) is 14.2. The van der Waals surface area contributed by atoms with Crippen molar-refractivity contribution in [2.75, 3.05) is 7.11 Å². The second kappa shape index (κ2) is 6.24. The molecule has 0 saturated heterocycles. The van der Waals surface area contributed by atoms with Crippen LogP contribution in [-0.2, 0) is 0 Å². The fraction of sp³-hybridized carbons (Fsp3) is 0.167. The number of benzene rings is 2. The average molecular weight is 349 g/mol. The molecule has 24 heavy (non-hydrogen) atoms. The lowest BCUT2D eigenvalue weighted by Gasteiger charge is -2.13. The van der Waals surface area contributed by atoms with Gasteiger partial charge in [-0.2, -0.15) is 0 Å². The van der Waals surface area contributed by atoms with E-state index in [0.717, 1.165) is 17.7 Å². The number of ether oxygens (including phenoxy) is 1. The molecule has 3 nitrogen and oxygen atoms in total. The maximum absolute atomic E-state index is 14.5. The van der Waals surface area contributed by atoms with Crippen LogP contribution in [0.4, 0.5) is 8.78 Å². The summed E-state index contributed by atoms with van der Waals surface area (Å²) in [7, 11) is 1.35. The molecule has 3 rings (SSSR count). The largest absolute Gasteiger partial charge is 0.497 e. The van der Waals surface area contributed by atoms with Gasteiger partial charge in [0.2, 0.25) is 5.28 Å². The number of rotatable bonds is 3. The predicted molar refractivity (Wildman–Crippen MR) is 90.0 cm³/mol. The van der Waals surface area contributed by atoms with Gasteiger partial charge in [-0.3, -0.25) is 4.57 Å². The summed E-state index contributed by atoms with van der Waals surface area (Å²) in [6.07, 6.45) is 0. The van der Waals surface area contributed by atoms with Crippen molar-refractivity contribution in [3.05, 3.63) is 64.6 Å². The lowest BCUT2D eigenvalue weighted by Crippen LogP contribution is -2.02. The van der Waals surface area contributed by atoms with E-state index in [4.69, 9.17) is 16.3 Å². The van der Waals surface area contributed by atoms with Gasteiger partial charge >= 0.3 is 0 Å². The van der Waals surface area contributed by atoms with Gasteiger partial charge in [0.1, 0.15) is 17.4 Å². The monoisotopic (exact) mass is 348 g/mol. The minimum absolute atomic E-state index is 0.110. The van der Waals surface area contributed by atoms with Crippen molar-refractivity contribution >= 4 is 11.6 Å². The highest BCUT2D eigenvalue weighted by Crippen LogP contribution is 2.35. The van der Waals surface area contributed by atoms with Crippen LogP contribution in [0, 0.1) is 25.5 Å². The van der Waals surface area contributed by atoms with Gasteiger partial charge in [0.05, 0.1) is 24.1 Å². The summed E-state index contributed by atoms with van der Waals surface area (Å²) in [6, 6.07) is 9.71. The molecular weight excluding hydrogens is 334 g/mol. The zero-order chi connectivity index (χ0) is 17.4. The molecule has 0 aliphatic carbocycles. The molecule has 6 heteroatoms. The molecule has 1 aromatic heterocycles. The fourth-order valence-electron chi connectivity index (χ4n) is 2.61. The number of methoxy groups -OCH3 is 1. The summed E-state index contributed by atoms with van der Waals surface area (Å²) in [4.78, 5) is 4.17. The van der Waals surface area contributed by atoms with Gasteiger partial charge in [-0.1, -0.05) is 17.7 Å². The summed E-state index contributed by atoms with van der Waals surface area (Å²) in [5.41, 5.74) is 2.27. The summed E-state index contributed by atoms with van der Waals surface area (Å²) in [5.74, 6) is -1.36. The highest BCUT2D eigenvalue weighted by molar-refractivity contribution is 6.29. The predicted octanol–water partition coefficient (Wildman–Crippen LogP) is 5.10. The number of aromatic nitrogens is 2. The van der Waals surface area contributed by atoms with Gasteiger partial charge in [0.25, 0.3) is 0 Å². The molecule has 0 saturated carbocycles. The zero-order valence-electron chi connectivity index (χ0n) is 13.4. The van der Waals surface area contributed by atoms with Crippen LogP contribution >= 0.6 is 11.6 Å². The minimum Gasteiger partial charge on any atom is -0.497 e. The maximum Gasteiger partial charge on any atom is 0.208 e. The van der Waals surface area contributed by atoms with Gasteiger partial charge in [-0.15, -0.1) is 0 Å². The summed E-state index contributed by atoms with van der Waals surface area (Å²) in [5, 5.41) is 0.140. The summed E-state index contributed by atoms with van der Waals surface area (Å²) in [6.45, 7) is 3.61. The Hall–Kier alpha value is -2.40. The molecule has 0 radical (unpaired) electrons. The van der Waals surface area contributed by atoms with Gasteiger partial charge < -0.3 is 4.74 Å². The van der Waals surface area contributed by atoms with Crippen LogP contribution in [0.1, 0.15) is 11.3 Å². The van der Waals surface area contributed by atoms with E-state index in [1.165, 1.54) is 11.7 Å². The van der Waals surface area contributed by atoms with E-state index in [9.17, 15) is 8.78 Å². The van der Waals surface area contributed by atoms with E-state index in [1.54, 1.807) is 6.92 Å². The highest BCUT2D eigenvalue weighted by Gasteiger charge is 2.23. The third-order valence-corrected chi connectivity index (χ3v) is 4.04. The van der Waals surface area contributed by atoms with Crippen LogP contribution in [-0.4, -0.2) is 16.7 Å². The van der Waals surface area contributed by atoms with E-state index < -0.39 is 11.6 Å². The maximum atomic E-state index is 14.5. The van der Waals surface area contributed by atoms with Crippen molar-refractivity contribution in [1.82, 2.24) is 9.55 Å². The van der Waals surface area contributed by atoms with Crippen molar-refractivity contribution in [2.45, 2.75) is 13.8 Å². The normalized spacial score (nSPS) is 10.9. The number of nitrogens with zero attached hydrogens (tertiary/aromatic N) is 2. The Labute approximate surface area is 143 Å². The van der Waals surface area contributed by atoms with E-state index in [2.05, 4.69) is 4.98 Å². The van der Waals surface area contributed by atoms with E-state index >= 15 is 0 Å². The molecule has 0 aliphatic rings. The number of aryl methyl sites for hydroxylation is 2. The minimum atomic E-state index is -0.736. The van der Waals surface area contributed by atoms with E-state index in [-0.39, 0.29) is 22.3 Å². The lowest BCUT2D eigenvalue weighted by atomic mass is 10.1. The van der Waals surface area contributed by atoms with Crippen molar-refractivity contribution in [2.24, 2.45) is 0 Å². The van der Waals surface area contributed by atoms with Crippen LogP contribution < -0.4 is 4.74 Å². The van der Waals surface area contributed by atoms with Gasteiger partial charge in [-0.25, -0.2) is 13.8 Å². The first-order valence-electron chi connectivity index (χ1n) is 7.27. The molecule has 0 N–H and O–H groups in total. The third-order valence-electron chi connectivity index (χ3n) is 3.79. The molecule has 0 aliphatic heterocycles. The molecule has 3 aromatic rings. The second-order valence-electron chi connectivity index (χ2n) is 5.45. The van der Waals surface area contributed by atoms with Gasteiger partial charge in [0.15, 0.2) is 0 Å². The first-order chi connectivity index (χ1) is 11.4. The molecule has 0 atom stereocenters. The molecule has 0 unspecified atom stereocenters. The smallest absolute Gasteiger partial charge is 0.208 e. The number of imidazole rings is 1. The van der Waals surface area contributed by atoms with Crippen molar-refractivity contribution in [3.63, 3.8) is 0 Å². The van der Waals surface area contributed by atoms with Gasteiger partial charge in [-0.05, 0) is 37.6 Å². The molecule has 124 valence electrons. The Kier molecular flexibility index (Phi) is 4.28. The van der Waals surface area contributed by atoms with E-state index in [0.29, 0.717) is 11.4 Å². The van der Waals surface area contributed by atoms with Crippen molar-refractivity contribution < 1.29 is 13.5 Å². The first kappa shape index (κ1) is 16.5. The quantitative estimate of drug-likeness (QED) is 0.658. The van der Waals surface area contributed by atoms with Crippen molar-refractivity contribution in [3.8, 4) is 22.7 Å². The highest BCUT2D eigenvalue weighted by atomic mass is 35.5. The molecule has 2 aromatic carbocycles. The number of hydrogen-bond donors (Lipinski definition) is 0. The first-order valence-corrected chi connectivity index (χ1v) is 7.65. The Morgan fingerprint density at radius 2 is 1.62 bits per heavy atom. The SMILES string of the molecule is COc1cc(F)c(-c2c(C)nc(Cl)n2-c2ccc(C)cc2)c(F)c1. The van der Waals surface area contributed by atoms with Gasteiger partial charge in [0, 0.05) is 17.8 Å². The molecule has 0 fully saturated rings. The standard InChI is InChI=1S/C18H15ClF2N2O/c1-10-4-6-12(7-5-10)23-17(11(2)22-18(23)19)16-14(20)8-13(24-3)9-15(16)21/h4-9H,1-3H3. The molecule has 0 amide bonds. The van der Waals surface area contributed by atoms with Crippen molar-refractivity contribution in [1.29, 1.82) is 0 Å². The fourth-order valence-corrected chi connectivity index (χ4v) is 2.92. The lowest BCUT2D eigenvalue weighted by molar-refractivity contribution is 0.407. The average Bonchev–Trinajstić information content (AvgIpc) is 2.82. The Bertz CT molecular complexity index is 881. The summed E-state index contributed by atoms with van der Waals surface area (Å²) < 4.78 is 35.5. The van der Waals surface area contributed by atoms with Crippen LogP contribution in [0.3, 0.4) is 0 Å². The summed E-state index contributed by atoms with van der Waals surface area (Å²) >= 11 is 6.22. The second-order valence-corrected chi connectivity index (χ2v) is 5.79. The molecule has 0 spiro atoms. The Morgan fingerprint density at radius 3 is 2.17 bits per heavy atom. The third kappa shape index (κ3) is 2.76. The van der Waals surface area contributed by atoms with E-state index in [1.807, 2.05) is 31.2 Å².